The van der Waals surface area contributed by atoms with E-state index in [1.165, 1.54) is 103 Å². The third-order valence-electron chi connectivity index (χ3n) is 9.66. The summed E-state index contributed by atoms with van der Waals surface area (Å²) in [6.45, 7) is 3.93. The highest BCUT2D eigenvalue weighted by molar-refractivity contribution is 7.47. The van der Waals surface area contributed by atoms with E-state index in [1.54, 1.807) is 6.08 Å². The molecule has 0 fully saturated rings. The van der Waals surface area contributed by atoms with Crippen molar-refractivity contribution in [2.45, 2.75) is 212 Å². The van der Waals surface area contributed by atoms with Gasteiger partial charge in [-0.1, -0.05) is 165 Å². The van der Waals surface area contributed by atoms with E-state index in [-0.39, 0.29) is 19.6 Å². The topological polar surface area (TPSA) is 151 Å². The number of rotatable bonds is 41. The number of carbonyl (C=O) groups is 1. The maximum absolute atomic E-state index is 12.8. The van der Waals surface area contributed by atoms with Crippen LogP contribution in [0.5, 0.6) is 0 Å². The number of carbonyl (C=O) groups excluding carboxylic acids is 1. The van der Waals surface area contributed by atoms with Gasteiger partial charge in [-0.15, -0.1) is 0 Å². The Morgan fingerprint density at radius 3 is 1.51 bits per heavy atom. The van der Waals surface area contributed by atoms with Crippen molar-refractivity contribution in [3.63, 3.8) is 0 Å². The number of nitrogens with two attached hydrogens (primary N) is 1. The summed E-state index contributed by atoms with van der Waals surface area (Å²) in [7, 11) is -4.41. The van der Waals surface area contributed by atoms with E-state index in [9.17, 15) is 24.5 Å². The van der Waals surface area contributed by atoms with Gasteiger partial charge in [-0.3, -0.25) is 13.8 Å². The molecule has 0 rings (SSSR count). The minimum absolute atomic E-state index is 0.0396. The zero-order chi connectivity index (χ0) is 40.5. The molecule has 1 amide bonds. The summed E-state index contributed by atoms with van der Waals surface area (Å²) in [5, 5.41) is 24.0. The molecule has 0 aromatic rings. The van der Waals surface area contributed by atoms with Gasteiger partial charge in [-0.05, 0) is 70.6 Å². The Balaban J connectivity index is 4.42. The monoisotopic (exact) mass is 797 g/mol. The van der Waals surface area contributed by atoms with Gasteiger partial charge in [0.25, 0.3) is 0 Å². The summed E-state index contributed by atoms with van der Waals surface area (Å²) in [6.07, 6.45) is 46.3. The van der Waals surface area contributed by atoms with Crippen LogP contribution >= 0.6 is 7.82 Å². The molecule has 6 N–H and O–H groups in total. The minimum Gasteiger partial charge on any atom is -0.393 e. The summed E-state index contributed by atoms with van der Waals surface area (Å²) >= 11 is 0. The zero-order valence-electron chi connectivity index (χ0n) is 35.3. The standard InChI is InChI=1S/C45H85N2O7P/c1-3-5-7-9-11-13-15-17-19-21-23-25-27-29-31-33-35-37-44(49)43(41-54-55(51,52)53-39-38-46)47-45(50)40-42(48)36-34-32-30-28-26-24-22-20-18-16-14-12-10-8-6-4-2/h19,21,24,26-27,29,35,37,42-44,48-49H,3-18,20,22-23,25,28,30-34,36,38-41,46H2,1-2H3,(H,47,50)(H,51,52)/b21-19+,26-24-,29-27+,37-35+. The first-order valence-electron chi connectivity index (χ1n) is 22.3. The third-order valence-corrected chi connectivity index (χ3v) is 10.6. The molecule has 0 saturated heterocycles. The summed E-state index contributed by atoms with van der Waals surface area (Å²) < 4.78 is 22.1. The number of phosphoric acid groups is 1. The molecule has 322 valence electrons. The molecule has 0 aromatic carbocycles. The molecule has 4 atom stereocenters. The lowest BCUT2D eigenvalue weighted by Gasteiger charge is -2.24. The smallest absolute Gasteiger partial charge is 0.393 e. The van der Waals surface area contributed by atoms with Crippen molar-refractivity contribution in [2.24, 2.45) is 5.73 Å². The number of hydrogen-bond acceptors (Lipinski definition) is 7. The molecular weight excluding hydrogens is 711 g/mol. The fourth-order valence-electron chi connectivity index (χ4n) is 6.26. The van der Waals surface area contributed by atoms with Gasteiger partial charge in [0.2, 0.25) is 5.91 Å². The molecule has 0 aromatic heterocycles. The van der Waals surface area contributed by atoms with Crippen molar-refractivity contribution in [1.29, 1.82) is 0 Å². The Labute approximate surface area is 337 Å². The highest BCUT2D eigenvalue weighted by atomic mass is 31.2. The molecule has 0 aliphatic carbocycles. The van der Waals surface area contributed by atoms with Crippen molar-refractivity contribution < 1.29 is 33.5 Å². The van der Waals surface area contributed by atoms with Crippen LogP contribution in [0.25, 0.3) is 0 Å². The highest BCUT2D eigenvalue weighted by Crippen LogP contribution is 2.43. The number of nitrogens with one attached hydrogen (secondary N) is 1. The Bertz CT molecular complexity index is 1020. The lowest BCUT2D eigenvalue weighted by molar-refractivity contribution is -0.124. The normalized spacial score (nSPS) is 15.1. The first-order valence-corrected chi connectivity index (χ1v) is 23.8. The van der Waals surface area contributed by atoms with Crippen LogP contribution in [0.3, 0.4) is 0 Å². The lowest BCUT2D eigenvalue weighted by atomic mass is 10.0. The molecule has 0 aliphatic rings. The van der Waals surface area contributed by atoms with Gasteiger partial charge in [0.05, 0.1) is 37.9 Å². The molecule has 55 heavy (non-hydrogen) atoms. The second-order valence-electron chi connectivity index (χ2n) is 15.1. The van der Waals surface area contributed by atoms with E-state index in [0.717, 1.165) is 57.8 Å². The summed E-state index contributed by atoms with van der Waals surface area (Å²) in [5.41, 5.74) is 5.36. The average molecular weight is 797 g/mol. The van der Waals surface area contributed by atoms with Gasteiger partial charge in [-0.2, -0.15) is 0 Å². The number of aliphatic hydroxyl groups excluding tert-OH is 2. The van der Waals surface area contributed by atoms with Gasteiger partial charge in [0, 0.05) is 6.54 Å². The van der Waals surface area contributed by atoms with E-state index in [0.29, 0.717) is 12.8 Å². The molecule has 0 heterocycles. The number of phosphoric ester groups is 1. The first kappa shape index (κ1) is 53.4. The highest BCUT2D eigenvalue weighted by Gasteiger charge is 2.27. The number of unbranched alkanes of at least 4 members (excludes halogenated alkanes) is 21. The fraction of sp³-hybridized carbons (Fsp3) is 0.800. The van der Waals surface area contributed by atoms with Crippen LogP contribution < -0.4 is 11.1 Å². The van der Waals surface area contributed by atoms with E-state index in [4.69, 9.17) is 14.8 Å². The fourth-order valence-corrected chi connectivity index (χ4v) is 7.02. The van der Waals surface area contributed by atoms with Gasteiger partial charge in [-0.25, -0.2) is 4.57 Å². The van der Waals surface area contributed by atoms with Gasteiger partial charge in [0.15, 0.2) is 0 Å². The molecular formula is C45H85N2O7P. The zero-order valence-corrected chi connectivity index (χ0v) is 36.2. The maximum atomic E-state index is 12.8. The third kappa shape index (κ3) is 39.0. The van der Waals surface area contributed by atoms with Crippen LogP contribution in [0.2, 0.25) is 0 Å². The molecule has 0 saturated carbocycles. The molecule has 0 bridgehead atoms. The first-order chi connectivity index (χ1) is 26.8. The summed E-state index contributed by atoms with van der Waals surface area (Å²) in [6, 6.07) is -1.01. The van der Waals surface area contributed by atoms with Gasteiger partial charge < -0.3 is 26.2 Å². The molecule has 10 heteroatoms. The van der Waals surface area contributed by atoms with Crippen LogP contribution in [0.15, 0.2) is 48.6 Å². The lowest BCUT2D eigenvalue weighted by Crippen LogP contribution is -2.46. The molecule has 0 aliphatic heterocycles. The number of amides is 1. The van der Waals surface area contributed by atoms with Crippen molar-refractivity contribution in [1.82, 2.24) is 5.32 Å². The van der Waals surface area contributed by atoms with Gasteiger partial charge >= 0.3 is 7.82 Å². The maximum Gasteiger partial charge on any atom is 0.472 e. The number of allylic oxidation sites excluding steroid dienone is 7. The van der Waals surface area contributed by atoms with Crippen LogP contribution in [0.4, 0.5) is 0 Å². The Kier molecular flexibility index (Phi) is 39.4. The van der Waals surface area contributed by atoms with E-state index >= 15 is 0 Å². The Morgan fingerprint density at radius 1 is 0.618 bits per heavy atom. The van der Waals surface area contributed by atoms with Crippen LogP contribution in [0, 0.1) is 0 Å². The Morgan fingerprint density at radius 2 is 1.04 bits per heavy atom. The predicted octanol–water partition coefficient (Wildman–Crippen LogP) is 11.5. The molecule has 9 nitrogen and oxygen atoms in total. The molecule has 0 spiro atoms. The number of aliphatic hydroxyl groups is 2. The van der Waals surface area contributed by atoms with E-state index in [1.807, 2.05) is 6.08 Å². The van der Waals surface area contributed by atoms with Crippen LogP contribution in [0.1, 0.15) is 194 Å². The Hall–Kier alpha value is -1.58. The van der Waals surface area contributed by atoms with Gasteiger partial charge in [0.1, 0.15) is 0 Å². The minimum atomic E-state index is -4.41. The van der Waals surface area contributed by atoms with Crippen molar-refractivity contribution >= 4 is 13.7 Å². The quantitative estimate of drug-likeness (QED) is 0.0233. The van der Waals surface area contributed by atoms with Crippen molar-refractivity contribution in [2.75, 3.05) is 19.8 Å². The van der Waals surface area contributed by atoms with E-state index < -0.39 is 38.6 Å². The second kappa shape index (κ2) is 40.6. The largest absolute Gasteiger partial charge is 0.472 e. The molecule has 0 radical (unpaired) electrons. The van der Waals surface area contributed by atoms with Crippen molar-refractivity contribution in [3.05, 3.63) is 48.6 Å². The van der Waals surface area contributed by atoms with E-state index in [2.05, 4.69) is 55.6 Å². The van der Waals surface area contributed by atoms with Crippen LogP contribution in [-0.4, -0.2) is 59.0 Å². The molecule has 4 unspecified atom stereocenters. The van der Waals surface area contributed by atoms with Crippen molar-refractivity contribution in [3.8, 4) is 0 Å². The second-order valence-corrected chi connectivity index (χ2v) is 16.5. The predicted molar refractivity (Wildman–Crippen MR) is 232 cm³/mol. The SMILES string of the molecule is CCCCCCCCC/C=C/CC/C=C/CC/C=C/C(O)C(COP(=O)(O)OCCN)NC(=O)CC(O)CCCCC/C=C\CCCCCCCCCCC. The number of hydrogen-bond donors (Lipinski definition) is 5. The summed E-state index contributed by atoms with van der Waals surface area (Å²) in [4.78, 5) is 22.7. The summed E-state index contributed by atoms with van der Waals surface area (Å²) in [5.74, 6) is -0.469. The average Bonchev–Trinajstić information content (AvgIpc) is 3.16. The van der Waals surface area contributed by atoms with Crippen LogP contribution in [-0.2, 0) is 18.4 Å².